The molecule has 1 amide bonds. The van der Waals surface area contributed by atoms with E-state index in [1.54, 1.807) is 18.3 Å². The Morgan fingerprint density at radius 2 is 1.93 bits per heavy atom. The van der Waals surface area contributed by atoms with E-state index in [1.807, 2.05) is 40.9 Å². The van der Waals surface area contributed by atoms with Gasteiger partial charge in [0.15, 0.2) is 0 Å². The Hall–Kier alpha value is -4.20. The number of fused-ring (bicyclic) bond motifs is 1. The first-order valence-electron chi connectivity index (χ1n) is 8.73. The van der Waals surface area contributed by atoms with Crippen LogP contribution in [-0.2, 0) is 0 Å². The standard InChI is InChI=1S/C21H16N4O4/c1-29-19-8-7-16(25(27)28)12-17(19)23-21(26)15-9-10-24-13-18(22-20(24)11-15)14-5-3-2-4-6-14/h2-13H,1H3,(H,23,26). The highest BCUT2D eigenvalue weighted by Crippen LogP contribution is 2.29. The van der Waals surface area contributed by atoms with E-state index in [9.17, 15) is 14.9 Å². The SMILES string of the molecule is COc1ccc([N+](=O)[O-])cc1NC(=O)c1ccn2cc(-c3ccccc3)nc2c1. The normalized spacial score (nSPS) is 10.7. The minimum Gasteiger partial charge on any atom is -0.495 e. The van der Waals surface area contributed by atoms with Gasteiger partial charge in [-0.05, 0) is 18.2 Å². The third-order valence-corrected chi connectivity index (χ3v) is 4.43. The van der Waals surface area contributed by atoms with Crippen molar-refractivity contribution in [3.05, 3.63) is 88.7 Å². The topological polar surface area (TPSA) is 98.8 Å². The maximum Gasteiger partial charge on any atom is 0.271 e. The number of nitrogens with zero attached hydrogens (tertiary/aromatic N) is 3. The van der Waals surface area contributed by atoms with Crippen molar-refractivity contribution in [2.24, 2.45) is 0 Å². The molecule has 2 aromatic carbocycles. The molecule has 2 aromatic heterocycles. The zero-order valence-electron chi connectivity index (χ0n) is 15.4. The van der Waals surface area contributed by atoms with Crippen LogP contribution < -0.4 is 10.1 Å². The largest absolute Gasteiger partial charge is 0.495 e. The number of pyridine rings is 1. The summed E-state index contributed by atoms with van der Waals surface area (Å²) in [6.45, 7) is 0. The zero-order valence-corrected chi connectivity index (χ0v) is 15.4. The molecule has 0 saturated heterocycles. The highest BCUT2D eigenvalue weighted by molar-refractivity contribution is 6.05. The van der Waals surface area contributed by atoms with Crippen molar-refractivity contribution in [2.45, 2.75) is 0 Å². The van der Waals surface area contributed by atoms with Crippen molar-refractivity contribution < 1.29 is 14.5 Å². The lowest BCUT2D eigenvalue weighted by molar-refractivity contribution is -0.384. The molecule has 0 unspecified atom stereocenters. The summed E-state index contributed by atoms with van der Waals surface area (Å²) < 4.78 is 7.01. The van der Waals surface area contributed by atoms with Gasteiger partial charge in [0.05, 0.1) is 23.4 Å². The van der Waals surface area contributed by atoms with Crippen LogP contribution in [0.5, 0.6) is 5.75 Å². The Labute approximate surface area is 165 Å². The number of benzene rings is 2. The number of rotatable bonds is 5. The van der Waals surface area contributed by atoms with Gasteiger partial charge in [-0.3, -0.25) is 14.9 Å². The molecule has 0 bridgehead atoms. The monoisotopic (exact) mass is 388 g/mol. The van der Waals surface area contributed by atoms with Gasteiger partial charge in [0.25, 0.3) is 11.6 Å². The summed E-state index contributed by atoms with van der Waals surface area (Å²) in [5.41, 5.74) is 2.84. The first kappa shape index (κ1) is 18.2. The molecule has 4 aromatic rings. The van der Waals surface area contributed by atoms with E-state index in [1.165, 1.54) is 25.3 Å². The Morgan fingerprint density at radius 3 is 2.66 bits per heavy atom. The molecule has 8 nitrogen and oxygen atoms in total. The lowest BCUT2D eigenvalue weighted by Gasteiger charge is -2.10. The molecule has 1 N–H and O–H groups in total. The second kappa shape index (κ2) is 7.43. The molecule has 0 radical (unpaired) electrons. The third kappa shape index (κ3) is 3.63. The highest BCUT2D eigenvalue weighted by Gasteiger charge is 2.15. The van der Waals surface area contributed by atoms with Crippen molar-refractivity contribution in [1.29, 1.82) is 0 Å². The predicted molar refractivity (Wildman–Crippen MR) is 108 cm³/mol. The van der Waals surface area contributed by atoms with Gasteiger partial charge >= 0.3 is 0 Å². The summed E-state index contributed by atoms with van der Waals surface area (Å²) in [7, 11) is 1.43. The summed E-state index contributed by atoms with van der Waals surface area (Å²) in [5.74, 6) is -0.0900. The third-order valence-electron chi connectivity index (χ3n) is 4.43. The summed E-state index contributed by atoms with van der Waals surface area (Å²) in [5, 5.41) is 13.7. The molecular formula is C21H16N4O4. The van der Waals surface area contributed by atoms with Gasteiger partial charge in [-0.2, -0.15) is 0 Å². The van der Waals surface area contributed by atoms with E-state index in [0.717, 1.165) is 11.3 Å². The van der Waals surface area contributed by atoms with Crippen LogP contribution in [0.25, 0.3) is 16.9 Å². The second-order valence-electron chi connectivity index (χ2n) is 6.27. The van der Waals surface area contributed by atoms with Crippen LogP contribution in [0.15, 0.2) is 73.1 Å². The van der Waals surface area contributed by atoms with Crippen LogP contribution in [0.3, 0.4) is 0 Å². The molecule has 0 saturated carbocycles. The molecule has 0 aliphatic heterocycles. The number of hydrogen-bond donors (Lipinski definition) is 1. The number of nitro groups is 1. The number of amides is 1. The van der Waals surface area contributed by atoms with Crippen LogP contribution in [0.1, 0.15) is 10.4 Å². The summed E-state index contributed by atoms with van der Waals surface area (Å²) in [4.78, 5) is 27.8. The number of methoxy groups -OCH3 is 1. The van der Waals surface area contributed by atoms with Crippen LogP contribution in [0.4, 0.5) is 11.4 Å². The van der Waals surface area contributed by atoms with Gasteiger partial charge in [-0.15, -0.1) is 0 Å². The van der Waals surface area contributed by atoms with Crippen molar-refractivity contribution in [1.82, 2.24) is 9.38 Å². The Kier molecular flexibility index (Phi) is 4.66. The highest BCUT2D eigenvalue weighted by atomic mass is 16.6. The first-order valence-corrected chi connectivity index (χ1v) is 8.73. The lowest BCUT2D eigenvalue weighted by atomic mass is 10.2. The van der Waals surface area contributed by atoms with E-state index >= 15 is 0 Å². The number of ether oxygens (including phenoxy) is 1. The molecule has 0 aliphatic carbocycles. The number of anilines is 1. The van der Waals surface area contributed by atoms with Crippen molar-refractivity contribution in [3.8, 4) is 17.0 Å². The van der Waals surface area contributed by atoms with E-state index in [2.05, 4.69) is 10.3 Å². The molecule has 0 fully saturated rings. The quantitative estimate of drug-likeness (QED) is 0.409. The van der Waals surface area contributed by atoms with E-state index < -0.39 is 10.8 Å². The fourth-order valence-electron chi connectivity index (χ4n) is 2.97. The predicted octanol–water partition coefficient (Wildman–Crippen LogP) is 4.17. The number of nitro benzene ring substituents is 1. The lowest BCUT2D eigenvalue weighted by Crippen LogP contribution is -2.13. The Bertz CT molecular complexity index is 1220. The van der Waals surface area contributed by atoms with Crippen molar-refractivity contribution in [3.63, 3.8) is 0 Å². The van der Waals surface area contributed by atoms with Gasteiger partial charge in [0.1, 0.15) is 11.4 Å². The molecule has 0 aliphatic rings. The van der Waals surface area contributed by atoms with Crippen LogP contribution in [0.2, 0.25) is 0 Å². The van der Waals surface area contributed by atoms with Gasteiger partial charge in [-0.1, -0.05) is 30.3 Å². The number of carbonyl (C=O) groups excluding carboxylic acids is 1. The average Bonchev–Trinajstić information content (AvgIpc) is 3.17. The zero-order chi connectivity index (χ0) is 20.4. The number of non-ortho nitro benzene ring substituents is 1. The van der Waals surface area contributed by atoms with Crippen LogP contribution in [0, 0.1) is 10.1 Å². The molecule has 0 spiro atoms. The van der Waals surface area contributed by atoms with E-state index in [0.29, 0.717) is 17.0 Å². The maximum absolute atomic E-state index is 12.7. The fourth-order valence-corrected chi connectivity index (χ4v) is 2.97. The molecule has 4 rings (SSSR count). The van der Waals surface area contributed by atoms with Crippen molar-refractivity contribution in [2.75, 3.05) is 12.4 Å². The first-order chi connectivity index (χ1) is 14.0. The molecule has 29 heavy (non-hydrogen) atoms. The van der Waals surface area contributed by atoms with E-state index in [4.69, 9.17) is 4.74 Å². The van der Waals surface area contributed by atoms with Gasteiger partial charge in [-0.25, -0.2) is 4.98 Å². The van der Waals surface area contributed by atoms with Crippen LogP contribution in [-0.4, -0.2) is 27.3 Å². The maximum atomic E-state index is 12.7. The number of carbonyl (C=O) groups is 1. The summed E-state index contributed by atoms with van der Waals surface area (Å²) >= 11 is 0. The number of imidazole rings is 1. The fraction of sp³-hybridized carbons (Fsp3) is 0.0476. The molecule has 0 atom stereocenters. The molecule has 8 heteroatoms. The number of hydrogen-bond acceptors (Lipinski definition) is 5. The van der Waals surface area contributed by atoms with E-state index in [-0.39, 0.29) is 11.4 Å². The molecular weight excluding hydrogens is 372 g/mol. The van der Waals surface area contributed by atoms with Gasteiger partial charge in [0, 0.05) is 35.7 Å². The van der Waals surface area contributed by atoms with Crippen molar-refractivity contribution >= 4 is 22.9 Å². The summed E-state index contributed by atoms with van der Waals surface area (Å²) in [6.07, 6.45) is 3.63. The minimum atomic E-state index is -0.531. The van der Waals surface area contributed by atoms with Gasteiger partial charge < -0.3 is 14.5 Å². The van der Waals surface area contributed by atoms with Crippen LogP contribution >= 0.6 is 0 Å². The molecule has 144 valence electrons. The second-order valence-corrected chi connectivity index (χ2v) is 6.27. The smallest absolute Gasteiger partial charge is 0.271 e. The van der Waals surface area contributed by atoms with Gasteiger partial charge in [0.2, 0.25) is 0 Å². The Morgan fingerprint density at radius 1 is 1.14 bits per heavy atom. The minimum absolute atomic E-state index is 0.141. The number of aromatic nitrogens is 2. The Balaban J connectivity index is 1.64. The number of nitrogens with one attached hydrogen (secondary N) is 1. The molecule has 2 heterocycles. The summed E-state index contributed by atoms with van der Waals surface area (Å²) in [6, 6.07) is 17.1. The average molecular weight is 388 g/mol.